The highest BCUT2D eigenvalue weighted by Gasteiger charge is 2.34. The first-order valence-electron chi connectivity index (χ1n) is 7.51. The fourth-order valence-corrected chi connectivity index (χ4v) is 2.97. The summed E-state index contributed by atoms with van der Waals surface area (Å²) in [6.45, 7) is 5.82. The van der Waals surface area contributed by atoms with Crippen molar-refractivity contribution in [2.24, 2.45) is 0 Å². The molecule has 0 aliphatic heterocycles. The molecule has 1 heterocycles. The smallest absolute Gasteiger partial charge is 0.128 e. The summed E-state index contributed by atoms with van der Waals surface area (Å²) in [6.07, 6.45) is 4.51. The van der Waals surface area contributed by atoms with Crippen LogP contribution in [0.15, 0.2) is 24.4 Å². The molecule has 3 heteroatoms. The number of hydrogen-bond donors (Lipinski definition) is 0. The van der Waals surface area contributed by atoms with Crippen molar-refractivity contribution in [3.05, 3.63) is 35.8 Å². The number of rotatable bonds is 2. The second-order valence-electron chi connectivity index (χ2n) is 5.56. The van der Waals surface area contributed by atoms with Crippen LogP contribution in [0.3, 0.4) is 0 Å². The molecular weight excluding hydrogens is 251 g/mol. The Morgan fingerprint density at radius 3 is 2.45 bits per heavy atom. The summed E-state index contributed by atoms with van der Waals surface area (Å²) < 4.78 is 16.0. The predicted molar refractivity (Wildman–Crippen MR) is 83.7 cm³/mol. The fraction of sp³-hybridized carbons (Fsp3) is 0.529. The van der Waals surface area contributed by atoms with Crippen LogP contribution in [0.1, 0.15) is 38.3 Å². The van der Waals surface area contributed by atoms with Crippen LogP contribution in [-0.2, 0) is 0 Å². The van der Waals surface area contributed by atoms with Gasteiger partial charge in [0, 0.05) is 23.7 Å². The minimum atomic E-state index is -0.108. The number of benzene rings is 1. The third kappa shape index (κ3) is 2.47. The summed E-state index contributed by atoms with van der Waals surface area (Å²) in [7, 11) is 4.24. The van der Waals surface area contributed by atoms with E-state index in [0.29, 0.717) is 12.1 Å². The van der Waals surface area contributed by atoms with E-state index in [1.807, 2.05) is 26.8 Å². The summed E-state index contributed by atoms with van der Waals surface area (Å²) >= 11 is 0. The lowest BCUT2D eigenvalue weighted by Crippen LogP contribution is -2.43. The van der Waals surface area contributed by atoms with Gasteiger partial charge in [0.2, 0.25) is 0 Å². The van der Waals surface area contributed by atoms with Gasteiger partial charge in [-0.1, -0.05) is 13.8 Å². The second kappa shape index (κ2) is 5.96. The Morgan fingerprint density at radius 2 is 1.90 bits per heavy atom. The molecule has 2 atom stereocenters. The highest BCUT2D eigenvalue weighted by molar-refractivity contribution is 5.81. The van der Waals surface area contributed by atoms with E-state index in [0.717, 1.165) is 16.5 Å². The van der Waals surface area contributed by atoms with Gasteiger partial charge in [0.1, 0.15) is 5.82 Å². The minimum Gasteiger partial charge on any atom is -0.343 e. The van der Waals surface area contributed by atoms with Crippen molar-refractivity contribution in [2.75, 3.05) is 14.1 Å². The van der Waals surface area contributed by atoms with E-state index in [4.69, 9.17) is 0 Å². The molecule has 0 spiro atoms. The SMILES string of the molecule is CC.Cc1cc2ccn(C3CCC3N(C)C)c2cc1F. The van der Waals surface area contributed by atoms with Crippen molar-refractivity contribution in [3.8, 4) is 0 Å². The van der Waals surface area contributed by atoms with Gasteiger partial charge >= 0.3 is 0 Å². The summed E-state index contributed by atoms with van der Waals surface area (Å²) in [5.41, 5.74) is 1.74. The lowest BCUT2D eigenvalue weighted by atomic mass is 9.85. The van der Waals surface area contributed by atoms with Crippen molar-refractivity contribution < 1.29 is 4.39 Å². The largest absolute Gasteiger partial charge is 0.343 e. The Balaban J connectivity index is 0.000000704. The van der Waals surface area contributed by atoms with E-state index in [1.54, 1.807) is 6.07 Å². The van der Waals surface area contributed by atoms with Crippen LogP contribution in [0, 0.1) is 12.7 Å². The maximum atomic E-state index is 13.7. The van der Waals surface area contributed by atoms with Crippen LogP contribution in [0.5, 0.6) is 0 Å². The molecule has 1 aliphatic carbocycles. The zero-order chi connectivity index (χ0) is 14.9. The summed E-state index contributed by atoms with van der Waals surface area (Å²) in [5, 5.41) is 1.14. The quantitative estimate of drug-likeness (QED) is 0.790. The van der Waals surface area contributed by atoms with E-state index in [9.17, 15) is 4.39 Å². The minimum absolute atomic E-state index is 0.108. The highest BCUT2D eigenvalue weighted by atomic mass is 19.1. The third-order valence-corrected chi connectivity index (χ3v) is 4.22. The summed E-state index contributed by atoms with van der Waals surface area (Å²) in [5.74, 6) is -0.108. The van der Waals surface area contributed by atoms with Gasteiger partial charge in [-0.25, -0.2) is 4.39 Å². The summed E-state index contributed by atoms with van der Waals surface area (Å²) in [4.78, 5) is 2.27. The number of aryl methyl sites for hydroxylation is 1. The van der Waals surface area contributed by atoms with E-state index in [-0.39, 0.29) is 5.82 Å². The lowest BCUT2D eigenvalue weighted by Gasteiger charge is -2.42. The van der Waals surface area contributed by atoms with E-state index < -0.39 is 0 Å². The number of likely N-dealkylation sites (N-methyl/N-ethyl adjacent to an activating group) is 1. The number of aromatic nitrogens is 1. The second-order valence-corrected chi connectivity index (χ2v) is 5.56. The molecule has 0 amide bonds. The molecular formula is C17H25FN2. The van der Waals surface area contributed by atoms with Crippen LogP contribution < -0.4 is 0 Å². The molecule has 0 bridgehead atoms. The van der Waals surface area contributed by atoms with Gasteiger partial charge in [-0.05, 0) is 57.6 Å². The summed E-state index contributed by atoms with van der Waals surface area (Å²) in [6, 6.07) is 6.76. The van der Waals surface area contributed by atoms with Crippen molar-refractivity contribution in [1.29, 1.82) is 0 Å². The number of halogens is 1. The number of hydrogen-bond acceptors (Lipinski definition) is 1. The van der Waals surface area contributed by atoms with Gasteiger partial charge in [-0.15, -0.1) is 0 Å². The monoisotopic (exact) mass is 276 g/mol. The Kier molecular flexibility index (Phi) is 4.48. The van der Waals surface area contributed by atoms with Crippen LogP contribution in [0.25, 0.3) is 10.9 Å². The Bertz CT molecular complexity index is 586. The van der Waals surface area contributed by atoms with Crippen molar-refractivity contribution in [2.45, 2.75) is 45.7 Å². The van der Waals surface area contributed by atoms with Gasteiger partial charge in [0.05, 0.1) is 5.52 Å². The number of nitrogens with zero attached hydrogens (tertiary/aromatic N) is 2. The van der Waals surface area contributed by atoms with Crippen LogP contribution >= 0.6 is 0 Å². The molecule has 1 aromatic heterocycles. The molecule has 2 nitrogen and oxygen atoms in total. The molecule has 1 aliphatic rings. The van der Waals surface area contributed by atoms with Crippen molar-refractivity contribution in [3.63, 3.8) is 0 Å². The van der Waals surface area contributed by atoms with E-state index in [2.05, 4.69) is 35.8 Å². The molecule has 0 saturated heterocycles. The zero-order valence-electron chi connectivity index (χ0n) is 13.2. The van der Waals surface area contributed by atoms with Gasteiger partial charge in [0.25, 0.3) is 0 Å². The first-order valence-corrected chi connectivity index (χ1v) is 7.51. The number of fused-ring (bicyclic) bond motifs is 1. The molecule has 3 rings (SSSR count). The van der Waals surface area contributed by atoms with Crippen LogP contribution in [0.2, 0.25) is 0 Å². The first kappa shape index (κ1) is 15.0. The van der Waals surface area contributed by atoms with Crippen LogP contribution in [0.4, 0.5) is 4.39 Å². The molecule has 20 heavy (non-hydrogen) atoms. The normalized spacial score (nSPS) is 21.6. The van der Waals surface area contributed by atoms with E-state index in [1.165, 1.54) is 12.8 Å². The van der Waals surface area contributed by atoms with Gasteiger partial charge in [-0.2, -0.15) is 0 Å². The molecule has 110 valence electrons. The van der Waals surface area contributed by atoms with Gasteiger partial charge < -0.3 is 9.47 Å². The van der Waals surface area contributed by atoms with E-state index >= 15 is 0 Å². The average Bonchev–Trinajstić information content (AvgIpc) is 2.74. The molecule has 1 fully saturated rings. The van der Waals surface area contributed by atoms with Crippen molar-refractivity contribution in [1.82, 2.24) is 9.47 Å². The Labute approximate surface area is 121 Å². The zero-order valence-corrected chi connectivity index (χ0v) is 13.2. The molecule has 0 N–H and O–H groups in total. The van der Waals surface area contributed by atoms with Crippen LogP contribution in [-0.4, -0.2) is 29.6 Å². The molecule has 2 unspecified atom stereocenters. The maximum absolute atomic E-state index is 13.7. The van der Waals surface area contributed by atoms with Gasteiger partial charge in [-0.3, -0.25) is 0 Å². The Hall–Kier alpha value is -1.35. The van der Waals surface area contributed by atoms with Gasteiger partial charge in [0.15, 0.2) is 0 Å². The average molecular weight is 276 g/mol. The maximum Gasteiger partial charge on any atom is 0.128 e. The fourth-order valence-electron chi connectivity index (χ4n) is 2.97. The molecule has 0 radical (unpaired) electrons. The van der Waals surface area contributed by atoms with Crippen molar-refractivity contribution >= 4 is 10.9 Å². The molecule has 1 aromatic carbocycles. The predicted octanol–water partition coefficient (Wildman–Crippen LogP) is 4.38. The molecule has 1 saturated carbocycles. The third-order valence-electron chi connectivity index (χ3n) is 4.22. The highest BCUT2D eigenvalue weighted by Crippen LogP contribution is 2.38. The topological polar surface area (TPSA) is 8.17 Å². The Morgan fingerprint density at radius 1 is 1.20 bits per heavy atom. The lowest BCUT2D eigenvalue weighted by molar-refractivity contribution is 0.116. The first-order chi connectivity index (χ1) is 9.58. The molecule has 2 aromatic rings. The standard InChI is InChI=1S/C15H19FN2.C2H6/c1-10-8-11-6-7-18(15(11)9-12(10)16)14-5-4-13(14)17(2)3;1-2/h6-9,13-14H,4-5H2,1-3H3;1-2H3.